The van der Waals surface area contributed by atoms with E-state index in [0.29, 0.717) is 6.54 Å². The maximum Gasteiger partial charge on any atom is 0.236 e. The average Bonchev–Trinajstić information content (AvgIpc) is 2.30. The fourth-order valence-electron chi connectivity index (χ4n) is 1.70. The summed E-state index contributed by atoms with van der Waals surface area (Å²) in [7, 11) is 0. The first-order valence-electron chi connectivity index (χ1n) is 5.35. The molecule has 88 valence electrons. The molecule has 3 nitrogen and oxygen atoms in total. The van der Waals surface area contributed by atoms with E-state index in [-0.39, 0.29) is 24.3 Å². The van der Waals surface area contributed by atoms with Gasteiger partial charge in [0.05, 0.1) is 12.6 Å². The molecular formula is C12H17FN2O. The molecule has 1 unspecified atom stereocenters. The summed E-state index contributed by atoms with van der Waals surface area (Å²) in [5.41, 5.74) is 6.24. The minimum absolute atomic E-state index is 0.000620. The van der Waals surface area contributed by atoms with Gasteiger partial charge in [-0.25, -0.2) is 4.39 Å². The number of rotatable bonds is 4. The van der Waals surface area contributed by atoms with Gasteiger partial charge in [-0.3, -0.25) is 4.79 Å². The molecule has 0 spiro atoms. The van der Waals surface area contributed by atoms with Crippen molar-refractivity contribution in [1.29, 1.82) is 0 Å². The van der Waals surface area contributed by atoms with Gasteiger partial charge in [-0.2, -0.15) is 0 Å². The number of carbonyl (C=O) groups is 1. The summed E-state index contributed by atoms with van der Waals surface area (Å²) in [4.78, 5) is 13.2. The Kier molecular flexibility index (Phi) is 4.43. The summed E-state index contributed by atoms with van der Waals surface area (Å²) in [6.45, 7) is 4.39. The Morgan fingerprint density at radius 1 is 1.44 bits per heavy atom. The van der Waals surface area contributed by atoms with Crippen LogP contribution < -0.4 is 5.73 Å². The first-order valence-corrected chi connectivity index (χ1v) is 5.35. The SMILES string of the molecule is CCN(C(=O)CN)C(C)c1ccc(F)cc1. The molecule has 0 aliphatic carbocycles. The summed E-state index contributed by atoms with van der Waals surface area (Å²) in [5, 5.41) is 0. The van der Waals surface area contributed by atoms with Crippen molar-refractivity contribution in [3.63, 3.8) is 0 Å². The van der Waals surface area contributed by atoms with Gasteiger partial charge in [-0.15, -0.1) is 0 Å². The minimum Gasteiger partial charge on any atom is -0.335 e. The predicted octanol–water partition coefficient (Wildman–Crippen LogP) is 1.69. The molecule has 0 saturated heterocycles. The van der Waals surface area contributed by atoms with Gasteiger partial charge in [0.2, 0.25) is 5.91 Å². The van der Waals surface area contributed by atoms with Gasteiger partial charge < -0.3 is 10.6 Å². The first-order chi connectivity index (χ1) is 7.60. The van der Waals surface area contributed by atoms with Crippen LogP contribution in [0.25, 0.3) is 0 Å². The highest BCUT2D eigenvalue weighted by Gasteiger charge is 2.18. The van der Waals surface area contributed by atoms with E-state index in [1.54, 1.807) is 17.0 Å². The maximum absolute atomic E-state index is 12.8. The average molecular weight is 224 g/mol. The van der Waals surface area contributed by atoms with Gasteiger partial charge in [0.15, 0.2) is 0 Å². The Morgan fingerprint density at radius 3 is 2.44 bits per heavy atom. The van der Waals surface area contributed by atoms with Crippen molar-refractivity contribution in [1.82, 2.24) is 4.90 Å². The van der Waals surface area contributed by atoms with Crippen LogP contribution in [0.3, 0.4) is 0 Å². The van der Waals surface area contributed by atoms with E-state index in [0.717, 1.165) is 5.56 Å². The highest BCUT2D eigenvalue weighted by Crippen LogP contribution is 2.20. The van der Waals surface area contributed by atoms with E-state index in [1.807, 2.05) is 13.8 Å². The molecule has 1 rings (SSSR count). The van der Waals surface area contributed by atoms with Gasteiger partial charge in [0.1, 0.15) is 5.82 Å². The van der Waals surface area contributed by atoms with Gasteiger partial charge in [-0.05, 0) is 31.5 Å². The minimum atomic E-state index is -0.274. The van der Waals surface area contributed by atoms with Crippen molar-refractivity contribution in [3.8, 4) is 0 Å². The second kappa shape index (κ2) is 5.61. The topological polar surface area (TPSA) is 46.3 Å². The maximum atomic E-state index is 12.8. The van der Waals surface area contributed by atoms with Crippen LogP contribution in [0, 0.1) is 5.82 Å². The predicted molar refractivity (Wildman–Crippen MR) is 61.3 cm³/mol. The molecule has 1 aromatic carbocycles. The van der Waals surface area contributed by atoms with Gasteiger partial charge >= 0.3 is 0 Å². The molecule has 0 saturated carbocycles. The number of carbonyl (C=O) groups excluding carboxylic acids is 1. The third kappa shape index (κ3) is 2.79. The number of nitrogens with two attached hydrogens (primary N) is 1. The van der Waals surface area contributed by atoms with Crippen molar-refractivity contribution in [2.45, 2.75) is 19.9 Å². The third-order valence-electron chi connectivity index (χ3n) is 2.66. The largest absolute Gasteiger partial charge is 0.335 e. The third-order valence-corrected chi connectivity index (χ3v) is 2.66. The van der Waals surface area contributed by atoms with Crippen LogP contribution in [0.4, 0.5) is 4.39 Å². The molecule has 4 heteroatoms. The number of amides is 1. The molecule has 0 fully saturated rings. The Hall–Kier alpha value is -1.42. The fraction of sp³-hybridized carbons (Fsp3) is 0.417. The van der Waals surface area contributed by atoms with E-state index in [2.05, 4.69) is 0 Å². The summed E-state index contributed by atoms with van der Waals surface area (Å²) in [6, 6.07) is 6.08. The van der Waals surface area contributed by atoms with Crippen molar-refractivity contribution in [2.24, 2.45) is 5.73 Å². The van der Waals surface area contributed by atoms with Gasteiger partial charge in [0.25, 0.3) is 0 Å². The Labute approximate surface area is 95.0 Å². The van der Waals surface area contributed by atoms with Crippen LogP contribution in [0.2, 0.25) is 0 Å². The summed E-state index contributed by atoms with van der Waals surface area (Å²) in [6.07, 6.45) is 0. The van der Waals surface area contributed by atoms with Crippen LogP contribution in [0.1, 0.15) is 25.5 Å². The molecule has 0 aliphatic heterocycles. The number of halogens is 1. The number of nitrogens with zero attached hydrogens (tertiary/aromatic N) is 1. The molecule has 1 atom stereocenters. The van der Waals surface area contributed by atoms with Gasteiger partial charge in [0, 0.05) is 6.54 Å². The van der Waals surface area contributed by atoms with Crippen LogP contribution in [0.15, 0.2) is 24.3 Å². The van der Waals surface area contributed by atoms with E-state index < -0.39 is 0 Å². The number of hydrogen-bond acceptors (Lipinski definition) is 2. The van der Waals surface area contributed by atoms with E-state index >= 15 is 0 Å². The monoisotopic (exact) mass is 224 g/mol. The lowest BCUT2D eigenvalue weighted by molar-refractivity contribution is -0.131. The van der Waals surface area contributed by atoms with E-state index in [1.165, 1.54) is 12.1 Å². The van der Waals surface area contributed by atoms with Crippen molar-refractivity contribution in [3.05, 3.63) is 35.6 Å². The normalized spacial score (nSPS) is 12.2. The highest BCUT2D eigenvalue weighted by atomic mass is 19.1. The van der Waals surface area contributed by atoms with E-state index in [9.17, 15) is 9.18 Å². The Morgan fingerprint density at radius 2 is 2.00 bits per heavy atom. The summed E-state index contributed by atoms with van der Waals surface area (Å²) in [5.74, 6) is -0.372. The van der Waals surface area contributed by atoms with Crippen LogP contribution in [-0.2, 0) is 4.79 Å². The standard InChI is InChI=1S/C12H17FN2O/c1-3-15(12(16)8-14)9(2)10-4-6-11(13)7-5-10/h4-7,9H,3,8,14H2,1-2H3. The van der Waals surface area contributed by atoms with Crippen LogP contribution in [0.5, 0.6) is 0 Å². The smallest absolute Gasteiger partial charge is 0.236 e. The second-order valence-electron chi connectivity index (χ2n) is 3.61. The molecule has 16 heavy (non-hydrogen) atoms. The molecule has 1 aromatic rings. The zero-order chi connectivity index (χ0) is 12.1. The lowest BCUT2D eigenvalue weighted by Gasteiger charge is -2.28. The zero-order valence-corrected chi connectivity index (χ0v) is 9.61. The molecule has 2 N–H and O–H groups in total. The summed E-state index contributed by atoms with van der Waals surface area (Å²) < 4.78 is 12.8. The molecule has 0 bridgehead atoms. The van der Waals surface area contributed by atoms with Crippen LogP contribution >= 0.6 is 0 Å². The molecule has 0 aliphatic rings. The first kappa shape index (κ1) is 12.6. The van der Waals surface area contributed by atoms with Crippen molar-refractivity contribution >= 4 is 5.91 Å². The van der Waals surface area contributed by atoms with Crippen molar-refractivity contribution < 1.29 is 9.18 Å². The van der Waals surface area contributed by atoms with E-state index in [4.69, 9.17) is 5.73 Å². The Bertz CT molecular complexity index is 351. The molecule has 1 amide bonds. The molecular weight excluding hydrogens is 207 g/mol. The second-order valence-corrected chi connectivity index (χ2v) is 3.61. The summed E-state index contributed by atoms with van der Waals surface area (Å²) >= 11 is 0. The zero-order valence-electron chi connectivity index (χ0n) is 9.61. The van der Waals surface area contributed by atoms with Crippen molar-refractivity contribution in [2.75, 3.05) is 13.1 Å². The Balaban J connectivity index is 2.86. The lowest BCUT2D eigenvalue weighted by atomic mass is 10.1. The molecule has 0 heterocycles. The quantitative estimate of drug-likeness (QED) is 0.846. The fourth-order valence-corrected chi connectivity index (χ4v) is 1.70. The molecule has 0 radical (unpaired) electrons. The molecule has 0 aromatic heterocycles. The number of benzene rings is 1. The lowest BCUT2D eigenvalue weighted by Crippen LogP contribution is -2.37. The number of likely N-dealkylation sites (N-methyl/N-ethyl adjacent to an activating group) is 1. The highest BCUT2D eigenvalue weighted by molar-refractivity contribution is 5.78. The van der Waals surface area contributed by atoms with Crippen LogP contribution in [-0.4, -0.2) is 23.9 Å². The number of hydrogen-bond donors (Lipinski definition) is 1. The van der Waals surface area contributed by atoms with Gasteiger partial charge in [-0.1, -0.05) is 12.1 Å².